The molecule has 0 spiro atoms. The van der Waals surface area contributed by atoms with Crippen LogP contribution in [0.15, 0.2) is 54.6 Å². The van der Waals surface area contributed by atoms with Crippen LogP contribution in [-0.4, -0.2) is 6.10 Å². The fourth-order valence-corrected chi connectivity index (χ4v) is 1.59. The molecule has 0 aliphatic rings. The highest BCUT2D eigenvalue weighted by Gasteiger charge is 2.00. The summed E-state index contributed by atoms with van der Waals surface area (Å²) in [5.41, 5.74) is 3.43. The van der Waals surface area contributed by atoms with Crippen molar-refractivity contribution >= 4 is 5.57 Å². The van der Waals surface area contributed by atoms with Crippen molar-refractivity contribution in [1.82, 2.24) is 0 Å². The summed E-state index contributed by atoms with van der Waals surface area (Å²) in [4.78, 5) is 0. The molecule has 1 nitrogen and oxygen atoms in total. The Kier molecular flexibility index (Phi) is 5.44. The summed E-state index contributed by atoms with van der Waals surface area (Å²) >= 11 is 0. The lowest BCUT2D eigenvalue weighted by molar-refractivity contribution is 0.242. The maximum absolute atomic E-state index is 5.63. The van der Waals surface area contributed by atoms with Crippen molar-refractivity contribution in [1.29, 1.82) is 0 Å². The number of allylic oxidation sites excluding steroid dienone is 5. The molecule has 0 heterocycles. The predicted molar refractivity (Wildman–Crippen MR) is 79.8 cm³/mol. The summed E-state index contributed by atoms with van der Waals surface area (Å²) in [6.45, 7) is 12.0. The van der Waals surface area contributed by atoms with E-state index in [9.17, 15) is 0 Å². The van der Waals surface area contributed by atoms with Gasteiger partial charge < -0.3 is 4.74 Å². The van der Waals surface area contributed by atoms with Crippen LogP contribution in [0, 0.1) is 0 Å². The van der Waals surface area contributed by atoms with Crippen LogP contribution in [0.4, 0.5) is 0 Å². The van der Waals surface area contributed by atoms with E-state index < -0.39 is 0 Å². The average molecular weight is 242 g/mol. The quantitative estimate of drug-likeness (QED) is 0.659. The van der Waals surface area contributed by atoms with Crippen LogP contribution >= 0.6 is 0 Å². The second-order valence-electron chi connectivity index (χ2n) is 4.61. The summed E-state index contributed by atoms with van der Waals surface area (Å²) < 4.78 is 5.63. The molecule has 0 amide bonds. The van der Waals surface area contributed by atoms with Gasteiger partial charge in [0.05, 0.1) is 6.10 Å². The molecule has 1 heteroatoms. The first-order valence-corrected chi connectivity index (χ1v) is 6.30. The minimum absolute atomic E-state index is 0.209. The van der Waals surface area contributed by atoms with Gasteiger partial charge in [0.25, 0.3) is 0 Å². The summed E-state index contributed by atoms with van der Waals surface area (Å²) in [6, 6.07) is 8.17. The highest BCUT2D eigenvalue weighted by atomic mass is 16.5. The SMILES string of the molecule is C=C(C)/C=C\C(=C/C)c1ccc(OC(C)C)cc1. The lowest BCUT2D eigenvalue weighted by Gasteiger charge is -2.10. The van der Waals surface area contributed by atoms with E-state index in [1.54, 1.807) is 0 Å². The van der Waals surface area contributed by atoms with Crippen LogP contribution in [0.1, 0.15) is 33.3 Å². The molecule has 1 aromatic rings. The lowest BCUT2D eigenvalue weighted by atomic mass is 10.0. The third-order valence-electron chi connectivity index (χ3n) is 2.42. The van der Waals surface area contributed by atoms with Crippen LogP contribution in [0.3, 0.4) is 0 Å². The summed E-state index contributed by atoms with van der Waals surface area (Å²) in [5.74, 6) is 0.910. The van der Waals surface area contributed by atoms with Gasteiger partial charge in [-0.1, -0.05) is 42.5 Å². The van der Waals surface area contributed by atoms with Crippen molar-refractivity contribution in [2.75, 3.05) is 0 Å². The molecule has 0 aliphatic heterocycles. The first kappa shape index (κ1) is 14.3. The summed E-state index contributed by atoms with van der Waals surface area (Å²) in [7, 11) is 0. The van der Waals surface area contributed by atoms with Gasteiger partial charge in [-0.2, -0.15) is 0 Å². The van der Waals surface area contributed by atoms with Crippen LogP contribution in [0.25, 0.3) is 5.57 Å². The van der Waals surface area contributed by atoms with Crippen LogP contribution in [0.2, 0.25) is 0 Å². The third-order valence-corrected chi connectivity index (χ3v) is 2.42. The van der Waals surface area contributed by atoms with Gasteiger partial charge in [0.1, 0.15) is 5.75 Å². The minimum atomic E-state index is 0.209. The molecule has 18 heavy (non-hydrogen) atoms. The molecule has 0 radical (unpaired) electrons. The van der Waals surface area contributed by atoms with Crippen molar-refractivity contribution in [3.8, 4) is 5.75 Å². The second-order valence-corrected chi connectivity index (χ2v) is 4.61. The molecule has 96 valence electrons. The van der Waals surface area contributed by atoms with E-state index in [1.165, 1.54) is 11.1 Å². The Balaban J connectivity index is 2.86. The summed E-state index contributed by atoms with van der Waals surface area (Å²) in [5, 5.41) is 0. The maximum atomic E-state index is 5.63. The van der Waals surface area contributed by atoms with Crippen LogP contribution in [-0.2, 0) is 0 Å². The molecule has 0 saturated heterocycles. The fourth-order valence-electron chi connectivity index (χ4n) is 1.59. The van der Waals surface area contributed by atoms with E-state index in [1.807, 2.05) is 45.9 Å². The van der Waals surface area contributed by atoms with E-state index in [0.717, 1.165) is 11.3 Å². The molecular formula is C17H22O. The molecule has 0 N–H and O–H groups in total. The first-order chi connectivity index (χ1) is 8.52. The minimum Gasteiger partial charge on any atom is -0.491 e. The zero-order chi connectivity index (χ0) is 13.5. The molecule has 0 aromatic heterocycles. The van der Waals surface area contributed by atoms with Gasteiger partial charge in [0.2, 0.25) is 0 Å². The van der Waals surface area contributed by atoms with Crippen molar-refractivity contribution in [2.24, 2.45) is 0 Å². The highest BCUT2D eigenvalue weighted by Crippen LogP contribution is 2.20. The van der Waals surface area contributed by atoms with E-state index in [0.29, 0.717) is 0 Å². The van der Waals surface area contributed by atoms with E-state index in [-0.39, 0.29) is 6.10 Å². The van der Waals surface area contributed by atoms with Gasteiger partial charge in [-0.05, 0) is 51.0 Å². The highest BCUT2D eigenvalue weighted by molar-refractivity contribution is 5.74. The monoisotopic (exact) mass is 242 g/mol. The standard InChI is InChI=1S/C17H22O/c1-6-15(8-7-13(2)3)16-9-11-17(12-10-16)18-14(4)5/h6-12,14H,2H2,1,3-5H3/b8-7-,15-6+. The van der Waals surface area contributed by atoms with Crippen molar-refractivity contribution in [3.05, 3.63) is 60.2 Å². The zero-order valence-corrected chi connectivity index (χ0v) is 11.7. The van der Waals surface area contributed by atoms with Crippen molar-refractivity contribution in [3.63, 3.8) is 0 Å². The molecular weight excluding hydrogens is 220 g/mol. The first-order valence-electron chi connectivity index (χ1n) is 6.30. The predicted octanol–water partition coefficient (Wildman–Crippen LogP) is 5.01. The topological polar surface area (TPSA) is 9.23 Å². The largest absolute Gasteiger partial charge is 0.491 e. The fraction of sp³-hybridized carbons (Fsp3) is 0.294. The Morgan fingerprint density at radius 1 is 1.17 bits per heavy atom. The van der Waals surface area contributed by atoms with Crippen molar-refractivity contribution in [2.45, 2.75) is 33.8 Å². The van der Waals surface area contributed by atoms with Crippen LogP contribution < -0.4 is 4.74 Å². The normalized spacial score (nSPS) is 12.2. The lowest BCUT2D eigenvalue weighted by Crippen LogP contribution is -2.05. The molecule has 0 saturated carbocycles. The van der Waals surface area contributed by atoms with Gasteiger partial charge in [-0.25, -0.2) is 0 Å². The Hall–Kier alpha value is -1.76. The zero-order valence-electron chi connectivity index (χ0n) is 11.7. The molecule has 0 atom stereocenters. The molecule has 0 aliphatic carbocycles. The Morgan fingerprint density at radius 3 is 2.22 bits per heavy atom. The molecule has 0 bridgehead atoms. The molecule has 0 fully saturated rings. The Labute approximate surface area is 110 Å². The Morgan fingerprint density at radius 2 is 1.78 bits per heavy atom. The van der Waals surface area contributed by atoms with E-state index >= 15 is 0 Å². The molecule has 1 rings (SSSR count). The van der Waals surface area contributed by atoms with Gasteiger partial charge >= 0.3 is 0 Å². The number of hydrogen-bond donors (Lipinski definition) is 0. The number of hydrogen-bond acceptors (Lipinski definition) is 1. The number of rotatable bonds is 5. The summed E-state index contributed by atoms with van der Waals surface area (Å²) in [6.07, 6.45) is 6.41. The van der Waals surface area contributed by atoms with Gasteiger partial charge in [0.15, 0.2) is 0 Å². The number of ether oxygens (including phenoxy) is 1. The molecule has 1 aromatic carbocycles. The second kappa shape index (κ2) is 6.85. The van der Waals surface area contributed by atoms with Gasteiger partial charge in [-0.3, -0.25) is 0 Å². The average Bonchev–Trinajstić information content (AvgIpc) is 2.31. The van der Waals surface area contributed by atoms with Gasteiger partial charge in [0, 0.05) is 0 Å². The molecule has 0 unspecified atom stereocenters. The smallest absolute Gasteiger partial charge is 0.119 e. The van der Waals surface area contributed by atoms with E-state index in [4.69, 9.17) is 4.74 Å². The van der Waals surface area contributed by atoms with Crippen molar-refractivity contribution < 1.29 is 4.74 Å². The van der Waals surface area contributed by atoms with Crippen LogP contribution in [0.5, 0.6) is 5.75 Å². The Bertz CT molecular complexity index is 447. The maximum Gasteiger partial charge on any atom is 0.119 e. The van der Waals surface area contributed by atoms with E-state index in [2.05, 4.69) is 30.9 Å². The van der Waals surface area contributed by atoms with Gasteiger partial charge in [-0.15, -0.1) is 0 Å². The number of benzene rings is 1. The third kappa shape index (κ3) is 4.62.